The molecule has 1 aliphatic rings. The summed E-state index contributed by atoms with van der Waals surface area (Å²) in [6.45, 7) is 7.59. The number of para-hydroxylation sites is 1. The van der Waals surface area contributed by atoms with Gasteiger partial charge in [0.1, 0.15) is 6.04 Å². The minimum atomic E-state index is -0.659. The summed E-state index contributed by atoms with van der Waals surface area (Å²) in [6, 6.07) is 8.81. The maximum absolute atomic E-state index is 13.4. The van der Waals surface area contributed by atoms with Gasteiger partial charge in [-0.2, -0.15) is 5.10 Å². The van der Waals surface area contributed by atoms with Crippen LogP contribution in [-0.2, 0) is 27.2 Å². The number of rotatable bonds is 4. The second-order valence-electron chi connectivity index (χ2n) is 7.82. The molecule has 8 nitrogen and oxygen atoms in total. The van der Waals surface area contributed by atoms with Crippen LogP contribution in [0.3, 0.4) is 0 Å². The summed E-state index contributed by atoms with van der Waals surface area (Å²) in [6.07, 6.45) is 0.562. The van der Waals surface area contributed by atoms with Gasteiger partial charge in [-0.25, -0.2) is 19.4 Å². The average molecular weight is 419 g/mol. The molecule has 2 aromatic heterocycles. The van der Waals surface area contributed by atoms with E-state index in [9.17, 15) is 9.59 Å². The maximum atomic E-state index is 13.4. The number of benzene rings is 1. The molecule has 31 heavy (non-hydrogen) atoms. The van der Waals surface area contributed by atoms with Crippen molar-refractivity contribution in [1.82, 2.24) is 19.7 Å². The Hall–Kier alpha value is -3.55. The van der Waals surface area contributed by atoms with Gasteiger partial charge in [0.05, 0.1) is 19.2 Å². The van der Waals surface area contributed by atoms with Crippen LogP contribution in [-0.4, -0.2) is 44.8 Å². The molecule has 1 atom stereocenters. The van der Waals surface area contributed by atoms with E-state index < -0.39 is 12.0 Å². The first kappa shape index (κ1) is 20.7. The smallest absolute Gasteiger partial charge is 0.329 e. The molecule has 8 heteroatoms. The highest BCUT2D eigenvalue weighted by molar-refractivity contribution is 6.03. The molecule has 160 valence electrons. The van der Waals surface area contributed by atoms with Crippen LogP contribution >= 0.6 is 0 Å². The Morgan fingerprint density at radius 1 is 1.10 bits per heavy atom. The van der Waals surface area contributed by atoms with Crippen LogP contribution in [0.5, 0.6) is 0 Å². The van der Waals surface area contributed by atoms with Gasteiger partial charge in [0.25, 0.3) is 5.95 Å². The van der Waals surface area contributed by atoms with Crippen molar-refractivity contribution in [3.63, 3.8) is 0 Å². The number of nitrogens with zero attached hydrogens (tertiary/aromatic N) is 5. The molecule has 1 amide bonds. The number of esters is 1. The van der Waals surface area contributed by atoms with Crippen LogP contribution in [0.25, 0.3) is 5.95 Å². The predicted molar refractivity (Wildman–Crippen MR) is 115 cm³/mol. The summed E-state index contributed by atoms with van der Waals surface area (Å²) in [5.74, 6) is -0.111. The van der Waals surface area contributed by atoms with E-state index in [2.05, 4.69) is 15.1 Å². The molecule has 0 fully saturated rings. The van der Waals surface area contributed by atoms with Crippen LogP contribution in [0.2, 0.25) is 0 Å². The lowest BCUT2D eigenvalue weighted by molar-refractivity contribution is -0.143. The van der Waals surface area contributed by atoms with E-state index in [1.807, 2.05) is 58.0 Å². The zero-order valence-corrected chi connectivity index (χ0v) is 18.3. The largest absolute Gasteiger partial charge is 0.467 e. The number of anilines is 1. The average Bonchev–Trinajstić information content (AvgIpc) is 3.25. The van der Waals surface area contributed by atoms with Crippen molar-refractivity contribution in [1.29, 1.82) is 0 Å². The zero-order chi connectivity index (χ0) is 22.3. The number of carbonyl (C=O) groups excluding carboxylic acids is 2. The molecular formula is C23H25N5O3. The first-order valence-corrected chi connectivity index (χ1v) is 10.2. The van der Waals surface area contributed by atoms with E-state index in [-0.39, 0.29) is 12.3 Å². The van der Waals surface area contributed by atoms with Crippen LogP contribution in [0.15, 0.2) is 30.3 Å². The van der Waals surface area contributed by atoms with E-state index in [4.69, 9.17) is 4.74 Å². The van der Waals surface area contributed by atoms with Crippen LogP contribution in [0, 0.1) is 27.7 Å². The fourth-order valence-electron chi connectivity index (χ4n) is 4.18. The van der Waals surface area contributed by atoms with Gasteiger partial charge in [0.15, 0.2) is 0 Å². The van der Waals surface area contributed by atoms with E-state index in [0.717, 1.165) is 39.6 Å². The van der Waals surface area contributed by atoms with Gasteiger partial charge >= 0.3 is 5.97 Å². The Bertz CT molecular complexity index is 1160. The molecular weight excluding hydrogens is 394 g/mol. The molecule has 0 radical (unpaired) electrons. The number of hydrogen-bond donors (Lipinski definition) is 0. The highest BCUT2D eigenvalue weighted by Crippen LogP contribution is 2.33. The minimum Gasteiger partial charge on any atom is -0.467 e. The first-order valence-electron chi connectivity index (χ1n) is 10.2. The Labute approximate surface area is 180 Å². The van der Waals surface area contributed by atoms with Crippen LogP contribution < -0.4 is 4.90 Å². The summed E-state index contributed by atoms with van der Waals surface area (Å²) < 4.78 is 6.64. The topological polar surface area (TPSA) is 90.2 Å². The first-order chi connectivity index (χ1) is 14.8. The van der Waals surface area contributed by atoms with Gasteiger partial charge in [-0.05, 0) is 45.4 Å². The zero-order valence-electron chi connectivity index (χ0n) is 18.3. The summed E-state index contributed by atoms with van der Waals surface area (Å²) in [7, 11) is 1.34. The van der Waals surface area contributed by atoms with E-state index >= 15 is 0 Å². The minimum absolute atomic E-state index is 0.115. The molecule has 0 saturated heterocycles. The number of fused-ring (bicyclic) bond motifs is 1. The van der Waals surface area contributed by atoms with Crippen molar-refractivity contribution in [2.45, 2.75) is 46.6 Å². The number of hydrogen-bond acceptors (Lipinski definition) is 6. The predicted octanol–water partition coefficient (Wildman–Crippen LogP) is 2.57. The second kappa shape index (κ2) is 7.94. The number of amides is 1. The normalized spacial score (nSPS) is 15.1. The fourth-order valence-corrected chi connectivity index (χ4v) is 4.18. The van der Waals surface area contributed by atoms with E-state index in [1.54, 1.807) is 9.58 Å². The molecule has 0 N–H and O–H groups in total. The van der Waals surface area contributed by atoms with E-state index in [0.29, 0.717) is 12.4 Å². The summed E-state index contributed by atoms with van der Waals surface area (Å²) >= 11 is 0. The number of methoxy groups -OCH3 is 1. The molecule has 0 aliphatic carbocycles. The third kappa shape index (κ3) is 3.69. The molecule has 3 heterocycles. The van der Waals surface area contributed by atoms with Gasteiger partial charge in [-0.1, -0.05) is 18.2 Å². The number of ether oxygens (including phenoxy) is 1. The number of aromatic nitrogens is 4. The summed E-state index contributed by atoms with van der Waals surface area (Å²) in [5, 5.41) is 4.59. The Morgan fingerprint density at radius 2 is 1.77 bits per heavy atom. The molecule has 0 bridgehead atoms. The lowest BCUT2D eigenvalue weighted by Gasteiger charge is -2.24. The SMILES string of the molecule is COC(=O)C1Cc2ccccc2N1C(=O)Cc1c(C)nn(-c2nc(C)cc(C)n2)c1C. The molecule has 4 rings (SSSR count). The van der Waals surface area contributed by atoms with Crippen molar-refractivity contribution in [2.24, 2.45) is 0 Å². The van der Waals surface area contributed by atoms with Gasteiger partial charge < -0.3 is 4.74 Å². The second-order valence-corrected chi connectivity index (χ2v) is 7.82. The Kier molecular flexibility index (Phi) is 5.31. The van der Waals surface area contributed by atoms with Crippen LogP contribution in [0.1, 0.15) is 33.9 Å². The third-order valence-electron chi connectivity index (χ3n) is 5.65. The molecule has 1 unspecified atom stereocenters. The van der Waals surface area contributed by atoms with Crippen molar-refractivity contribution in [3.05, 3.63) is 64.2 Å². The molecule has 0 saturated carbocycles. The van der Waals surface area contributed by atoms with Gasteiger partial charge in [0.2, 0.25) is 5.91 Å². The highest BCUT2D eigenvalue weighted by Gasteiger charge is 2.39. The highest BCUT2D eigenvalue weighted by atomic mass is 16.5. The van der Waals surface area contributed by atoms with Crippen LogP contribution in [0.4, 0.5) is 5.69 Å². The van der Waals surface area contributed by atoms with Gasteiger partial charge in [-0.3, -0.25) is 9.69 Å². The third-order valence-corrected chi connectivity index (χ3v) is 5.65. The quantitative estimate of drug-likeness (QED) is 0.604. The van der Waals surface area contributed by atoms with E-state index in [1.165, 1.54) is 7.11 Å². The molecule has 1 aliphatic heterocycles. The van der Waals surface area contributed by atoms with Gasteiger partial charge in [0, 0.05) is 34.8 Å². The van der Waals surface area contributed by atoms with Crippen molar-refractivity contribution < 1.29 is 14.3 Å². The lowest BCUT2D eigenvalue weighted by Crippen LogP contribution is -2.44. The van der Waals surface area contributed by atoms with Crippen molar-refractivity contribution >= 4 is 17.6 Å². The molecule has 1 aromatic carbocycles. The Balaban J connectivity index is 1.68. The monoisotopic (exact) mass is 419 g/mol. The summed E-state index contributed by atoms with van der Waals surface area (Å²) in [4.78, 5) is 36.3. The van der Waals surface area contributed by atoms with Gasteiger partial charge in [-0.15, -0.1) is 0 Å². The number of aryl methyl sites for hydroxylation is 3. The van der Waals surface area contributed by atoms with Crippen molar-refractivity contribution in [3.8, 4) is 5.95 Å². The standard InChI is InChI=1S/C23H25N5O3/c1-13-10-14(2)25-23(24-13)28-16(4)18(15(3)26-28)12-21(29)27-19-9-7-6-8-17(19)11-20(27)22(30)31-5/h6-10,20H,11-12H2,1-5H3. The number of carbonyl (C=O) groups is 2. The maximum Gasteiger partial charge on any atom is 0.329 e. The summed E-state index contributed by atoms with van der Waals surface area (Å²) in [5.41, 5.74) is 5.75. The molecule has 0 spiro atoms. The Morgan fingerprint density at radius 3 is 2.45 bits per heavy atom. The lowest BCUT2D eigenvalue weighted by atomic mass is 10.1. The molecule has 3 aromatic rings. The fraction of sp³-hybridized carbons (Fsp3) is 0.348. The van der Waals surface area contributed by atoms with Crippen molar-refractivity contribution in [2.75, 3.05) is 12.0 Å².